The van der Waals surface area contributed by atoms with Gasteiger partial charge in [0.2, 0.25) is 0 Å². The maximum Gasteiger partial charge on any atom is 0.268 e. The molecule has 2 aromatic rings. The minimum absolute atomic E-state index is 0.00140. The van der Waals surface area contributed by atoms with E-state index in [1.165, 1.54) is 23.5 Å². The zero-order valence-electron chi connectivity index (χ0n) is 13.4. The highest BCUT2D eigenvalue weighted by Crippen LogP contribution is 2.35. The van der Waals surface area contributed by atoms with Crippen LogP contribution in [-0.2, 0) is 7.05 Å². The number of carbonyl (C=O) groups excluding carboxylic acids is 1. The minimum Gasteiger partial charge on any atom is -0.344 e. The van der Waals surface area contributed by atoms with Crippen molar-refractivity contribution in [1.29, 1.82) is 0 Å². The fraction of sp³-hybridized carbons (Fsp3) is 0.368. The van der Waals surface area contributed by atoms with E-state index in [0.29, 0.717) is 11.6 Å². The molecule has 0 spiro atoms. The molecule has 0 aliphatic heterocycles. The Morgan fingerprint density at radius 2 is 1.78 bits per heavy atom. The lowest BCUT2D eigenvalue weighted by Crippen LogP contribution is -2.35. The first-order valence-corrected chi connectivity index (χ1v) is 8.18. The topological polar surface area (TPSA) is 51.1 Å². The summed E-state index contributed by atoms with van der Waals surface area (Å²) >= 11 is 0. The molecule has 4 nitrogen and oxygen atoms in total. The molecule has 1 unspecified atom stereocenters. The predicted octanol–water partition coefficient (Wildman–Crippen LogP) is 3.05. The maximum atomic E-state index is 12.7. The number of hydrogen-bond acceptors (Lipinski definition) is 2. The van der Waals surface area contributed by atoms with Gasteiger partial charge in [-0.15, -0.1) is 0 Å². The summed E-state index contributed by atoms with van der Waals surface area (Å²) in [5, 5.41) is 3.16. The number of rotatable bonds is 4. The fourth-order valence-corrected chi connectivity index (χ4v) is 3.43. The number of pyridine rings is 1. The number of benzene rings is 1. The van der Waals surface area contributed by atoms with Crippen LogP contribution in [0, 0.1) is 5.92 Å². The van der Waals surface area contributed by atoms with E-state index in [4.69, 9.17) is 0 Å². The maximum absolute atomic E-state index is 12.7. The SMILES string of the molecule is Cn1c(C(=O)NC(c2ccccc2)C2CCCC2)cccc1=O. The first-order chi connectivity index (χ1) is 11.2. The molecule has 1 atom stereocenters. The van der Waals surface area contributed by atoms with Gasteiger partial charge >= 0.3 is 0 Å². The first kappa shape index (κ1) is 15.5. The second kappa shape index (κ2) is 6.82. The number of hydrogen-bond donors (Lipinski definition) is 1. The summed E-state index contributed by atoms with van der Waals surface area (Å²) in [5.41, 5.74) is 1.36. The fourth-order valence-electron chi connectivity index (χ4n) is 3.43. The third-order valence-electron chi connectivity index (χ3n) is 4.73. The molecule has 1 heterocycles. The lowest BCUT2D eigenvalue weighted by Gasteiger charge is -2.25. The Kier molecular flexibility index (Phi) is 4.60. The summed E-state index contributed by atoms with van der Waals surface area (Å²) in [6, 6.07) is 14.9. The highest BCUT2D eigenvalue weighted by molar-refractivity contribution is 5.92. The van der Waals surface area contributed by atoms with Gasteiger partial charge in [0.1, 0.15) is 5.69 Å². The zero-order valence-corrected chi connectivity index (χ0v) is 13.4. The van der Waals surface area contributed by atoms with E-state index in [-0.39, 0.29) is 17.5 Å². The molecule has 1 aromatic carbocycles. The zero-order chi connectivity index (χ0) is 16.2. The first-order valence-electron chi connectivity index (χ1n) is 8.18. The highest BCUT2D eigenvalue weighted by Gasteiger charge is 2.28. The van der Waals surface area contributed by atoms with E-state index >= 15 is 0 Å². The minimum atomic E-state index is -0.189. The van der Waals surface area contributed by atoms with Crippen molar-refractivity contribution < 1.29 is 4.79 Å². The quantitative estimate of drug-likeness (QED) is 0.943. The van der Waals surface area contributed by atoms with Crippen LogP contribution in [0.2, 0.25) is 0 Å². The molecule has 23 heavy (non-hydrogen) atoms. The third-order valence-corrected chi connectivity index (χ3v) is 4.73. The second-order valence-corrected chi connectivity index (χ2v) is 6.21. The Bertz CT molecular complexity index is 731. The van der Waals surface area contributed by atoms with Crippen LogP contribution in [0.4, 0.5) is 0 Å². The average Bonchev–Trinajstić information content (AvgIpc) is 3.10. The van der Waals surface area contributed by atoms with E-state index in [0.717, 1.165) is 18.4 Å². The van der Waals surface area contributed by atoms with E-state index in [9.17, 15) is 9.59 Å². The molecule has 0 radical (unpaired) electrons. The van der Waals surface area contributed by atoms with Gasteiger partial charge in [-0.05, 0) is 30.4 Å². The van der Waals surface area contributed by atoms with Crippen molar-refractivity contribution in [2.24, 2.45) is 13.0 Å². The van der Waals surface area contributed by atoms with Gasteiger partial charge in [-0.2, -0.15) is 0 Å². The largest absolute Gasteiger partial charge is 0.344 e. The molecule has 0 bridgehead atoms. The number of nitrogens with zero attached hydrogens (tertiary/aromatic N) is 1. The molecule has 1 fully saturated rings. The molecule has 1 amide bonds. The molecule has 0 saturated heterocycles. The molecule has 1 aliphatic rings. The van der Waals surface area contributed by atoms with Crippen molar-refractivity contribution >= 4 is 5.91 Å². The van der Waals surface area contributed by atoms with Gasteiger partial charge in [-0.25, -0.2) is 0 Å². The predicted molar refractivity (Wildman–Crippen MR) is 90.3 cm³/mol. The molecule has 1 aliphatic carbocycles. The monoisotopic (exact) mass is 310 g/mol. The second-order valence-electron chi connectivity index (χ2n) is 6.21. The van der Waals surface area contributed by atoms with Crippen LogP contribution < -0.4 is 10.9 Å². The van der Waals surface area contributed by atoms with Gasteiger partial charge in [0, 0.05) is 13.1 Å². The summed E-state index contributed by atoms with van der Waals surface area (Å²) in [6.45, 7) is 0. The van der Waals surface area contributed by atoms with E-state index in [1.807, 2.05) is 18.2 Å². The van der Waals surface area contributed by atoms with Crippen molar-refractivity contribution in [2.75, 3.05) is 0 Å². The van der Waals surface area contributed by atoms with Crippen molar-refractivity contribution in [3.8, 4) is 0 Å². The Morgan fingerprint density at radius 1 is 1.09 bits per heavy atom. The summed E-state index contributed by atoms with van der Waals surface area (Å²) < 4.78 is 1.39. The highest BCUT2D eigenvalue weighted by atomic mass is 16.2. The number of amides is 1. The molecule has 1 N–H and O–H groups in total. The normalized spacial score (nSPS) is 16.2. The summed E-state index contributed by atoms with van der Waals surface area (Å²) in [7, 11) is 1.63. The summed E-state index contributed by atoms with van der Waals surface area (Å²) in [6.07, 6.45) is 4.70. The van der Waals surface area contributed by atoms with Gasteiger partial charge in [0.05, 0.1) is 6.04 Å². The Balaban J connectivity index is 1.87. The van der Waals surface area contributed by atoms with Crippen molar-refractivity contribution in [3.63, 3.8) is 0 Å². The van der Waals surface area contributed by atoms with Gasteiger partial charge in [-0.1, -0.05) is 49.2 Å². The molecular weight excluding hydrogens is 288 g/mol. The van der Waals surface area contributed by atoms with E-state index < -0.39 is 0 Å². The van der Waals surface area contributed by atoms with Crippen molar-refractivity contribution in [3.05, 3.63) is 70.1 Å². The van der Waals surface area contributed by atoms with Crippen LogP contribution in [0.3, 0.4) is 0 Å². The molecular formula is C19H22N2O2. The van der Waals surface area contributed by atoms with Crippen LogP contribution in [0.1, 0.15) is 47.8 Å². The average molecular weight is 310 g/mol. The van der Waals surface area contributed by atoms with E-state index in [1.54, 1.807) is 19.2 Å². The Hall–Kier alpha value is -2.36. The van der Waals surface area contributed by atoms with Gasteiger partial charge in [-0.3, -0.25) is 9.59 Å². The molecule has 3 rings (SSSR count). The number of nitrogens with one attached hydrogen (secondary N) is 1. The molecule has 1 saturated carbocycles. The lowest BCUT2D eigenvalue weighted by molar-refractivity contribution is 0.0912. The smallest absolute Gasteiger partial charge is 0.268 e. The van der Waals surface area contributed by atoms with E-state index in [2.05, 4.69) is 17.4 Å². The van der Waals surface area contributed by atoms with Crippen LogP contribution in [0.25, 0.3) is 0 Å². The van der Waals surface area contributed by atoms with Crippen LogP contribution in [-0.4, -0.2) is 10.5 Å². The standard InChI is InChI=1S/C19H22N2O2/c1-21-16(12-7-13-17(21)22)19(23)20-18(15-10-5-6-11-15)14-8-3-2-4-9-14/h2-4,7-9,12-13,15,18H,5-6,10-11H2,1H3,(H,20,23). The molecule has 1 aromatic heterocycles. The number of carbonyl (C=O) groups is 1. The summed E-state index contributed by atoms with van der Waals surface area (Å²) in [4.78, 5) is 24.4. The van der Waals surface area contributed by atoms with Crippen molar-refractivity contribution in [2.45, 2.75) is 31.7 Å². The van der Waals surface area contributed by atoms with Gasteiger partial charge < -0.3 is 9.88 Å². The Labute approximate surface area is 136 Å². The summed E-state index contributed by atoms with van der Waals surface area (Å²) in [5.74, 6) is 0.271. The van der Waals surface area contributed by atoms with Crippen molar-refractivity contribution in [1.82, 2.24) is 9.88 Å². The third kappa shape index (κ3) is 3.36. The number of aromatic nitrogens is 1. The lowest BCUT2D eigenvalue weighted by atomic mass is 9.91. The van der Waals surface area contributed by atoms with Gasteiger partial charge in [0.15, 0.2) is 0 Å². The molecule has 120 valence electrons. The van der Waals surface area contributed by atoms with Crippen LogP contribution >= 0.6 is 0 Å². The van der Waals surface area contributed by atoms with Gasteiger partial charge in [0.25, 0.3) is 11.5 Å². The molecule has 4 heteroatoms. The van der Waals surface area contributed by atoms with Crippen LogP contribution in [0.15, 0.2) is 53.3 Å². The Morgan fingerprint density at radius 3 is 2.48 bits per heavy atom. The van der Waals surface area contributed by atoms with Crippen LogP contribution in [0.5, 0.6) is 0 Å².